The number of aromatic nitrogens is 1. The molecule has 0 aliphatic heterocycles. The number of rotatable bonds is 0. The summed E-state index contributed by atoms with van der Waals surface area (Å²) in [4.78, 5) is 13.5. The van der Waals surface area contributed by atoms with Crippen molar-refractivity contribution in [3.05, 3.63) is 40.6 Å². The molecule has 0 saturated carbocycles. The summed E-state index contributed by atoms with van der Waals surface area (Å²) in [5.74, 6) is -0.470. The second kappa shape index (κ2) is 2.58. The van der Waals surface area contributed by atoms with Gasteiger partial charge in [-0.15, -0.1) is 0 Å². The van der Waals surface area contributed by atoms with Crippen molar-refractivity contribution in [1.29, 1.82) is 0 Å². The molecule has 0 aliphatic rings. The van der Waals surface area contributed by atoms with Gasteiger partial charge in [0, 0.05) is 17.3 Å². The third-order valence-corrected chi connectivity index (χ3v) is 1.88. The lowest BCUT2D eigenvalue weighted by atomic mass is 10.1. The van der Waals surface area contributed by atoms with E-state index in [1.807, 2.05) is 0 Å². The van der Waals surface area contributed by atoms with Crippen LogP contribution in [0.15, 0.2) is 29.2 Å². The Labute approximate surface area is 73.0 Å². The van der Waals surface area contributed by atoms with Gasteiger partial charge in [-0.25, -0.2) is 4.39 Å². The fourth-order valence-electron chi connectivity index (χ4n) is 1.24. The van der Waals surface area contributed by atoms with Crippen LogP contribution in [0.3, 0.4) is 0 Å². The fraction of sp³-hybridized carbons (Fsp3) is 0. The fourth-order valence-corrected chi connectivity index (χ4v) is 1.24. The second-order valence-electron chi connectivity index (χ2n) is 2.77. The molecule has 1 aromatic carbocycles. The highest BCUT2D eigenvalue weighted by molar-refractivity contribution is 5.84. The van der Waals surface area contributed by atoms with Crippen molar-refractivity contribution < 1.29 is 4.39 Å². The number of halogens is 1. The van der Waals surface area contributed by atoms with Crippen LogP contribution in [0.1, 0.15) is 0 Å². The topological polar surface area (TPSA) is 58.9 Å². The first-order valence-electron chi connectivity index (χ1n) is 3.75. The number of nitrogen functional groups attached to an aromatic ring is 1. The van der Waals surface area contributed by atoms with Crippen molar-refractivity contribution in [1.82, 2.24) is 4.98 Å². The number of hydrogen-bond donors (Lipinski definition) is 2. The van der Waals surface area contributed by atoms with E-state index in [1.165, 1.54) is 12.1 Å². The maximum atomic E-state index is 13.1. The largest absolute Gasteiger partial charge is 0.399 e. The Kier molecular flexibility index (Phi) is 1.55. The van der Waals surface area contributed by atoms with Crippen molar-refractivity contribution in [3.8, 4) is 0 Å². The van der Waals surface area contributed by atoms with Crippen molar-refractivity contribution in [2.75, 3.05) is 5.73 Å². The van der Waals surface area contributed by atoms with Gasteiger partial charge >= 0.3 is 0 Å². The second-order valence-corrected chi connectivity index (χ2v) is 2.77. The summed E-state index contributed by atoms with van der Waals surface area (Å²) in [6, 6.07) is 4.52. The summed E-state index contributed by atoms with van der Waals surface area (Å²) < 4.78 is 13.1. The highest BCUT2D eigenvalue weighted by Crippen LogP contribution is 2.16. The van der Waals surface area contributed by atoms with Gasteiger partial charge in [0.05, 0.1) is 5.39 Å². The number of hydrogen-bond acceptors (Lipinski definition) is 2. The van der Waals surface area contributed by atoms with Gasteiger partial charge in [0.2, 0.25) is 0 Å². The predicted molar refractivity (Wildman–Crippen MR) is 48.9 cm³/mol. The summed E-state index contributed by atoms with van der Waals surface area (Å²) in [5, 5.41) is 0.568. The Hall–Kier alpha value is -1.84. The Balaban J connectivity index is 3.01. The predicted octanol–water partition coefficient (Wildman–Crippen LogP) is 1.25. The maximum Gasteiger partial charge on any atom is 0.256 e. The summed E-state index contributed by atoms with van der Waals surface area (Å²) in [7, 11) is 0. The normalized spacial score (nSPS) is 10.5. The Morgan fingerprint density at radius 3 is 2.85 bits per heavy atom. The number of aromatic amines is 1. The van der Waals surface area contributed by atoms with E-state index in [2.05, 4.69) is 4.98 Å². The monoisotopic (exact) mass is 178 g/mol. The number of anilines is 1. The molecule has 1 aromatic heterocycles. The lowest BCUT2D eigenvalue weighted by Crippen LogP contribution is -2.06. The van der Waals surface area contributed by atoms with Gasteiger partial charge in [-0.2, -0.15) is 0 Å². The first kappa shape index (κ1) is 7.79. The van der Waals surface area contributed by atoms with Gasteiger partial charge in [-0.05, 0) is 18.2 Å². The lowest BCUT2D eigenvalue weighted by molar-refractivity contribution is 0.633. The number of benzene rings is 1. The highest BCUT2D eigenvalue weighted by atomic mass is 19.1. The average Bonchev–Trinajstić information content (AvgIpc) is 2.12. The van der Waals surface area contributed by atoms with E-state index in [4.69, 9.17) is 5.73 Å². The van der Waals surface area contributed by atoms with Crippen molar-refractivity contribution in [2.45, 2.75) is 0 Å². The van der Waals surface area contributed by atoms with Crippen LogP contribution < -0.4 is 11.3 Å². The Bertz CT molecular complexity index is 518. The van der Waals surface area contributed by atoms with E-state index in [1.54, 1.807) is 6.07 Å². The minimum atomic E-state index is -0.470. The maximum absolute atomic E-state index is 13.1. The minimum Gasteiger partial charge on any atom is -0.399 e. The summed E-state index contributed by atoms with van der Waals surface area (Å²) in [6.07, 6.45) is 1.03. The van der Waals surface area contributed by atoms with E-state index in [9.17, 15) is 9.18 Å². The smallest absolute Gasteiger partial charge is 0.256 e. The molecule has 0 radical (unpaired) electrons. The number of fused-ring (bicyclic) bond motifs is 1. The van der Waals surface area contributed by atoms with Gasteiger partial charge < -0.3 is 10.7 Å². The van der Waals surface area contributed by atoms with Crippen LogP contribution in [-0.2, 0) is 0 Å². The molecular formula is C9H7FN2O. The quantitative estimate of drug-likeness (QED) is 0.596. The van der Waals surface area contributed by atoms with Gasteiger partial charge in [-0.1, -0.05) is 0 Å². The number of nitrogens with one attached hydrogen (secondary N) is 1. The Morgan fingerprint density at radius 2 is 2.08 bits per heavy atom. The van der Waals surface area contributed by atoms with Gasteiger partial charge in [0.25, 0.3) is 5.56 Å². The number of pyridine rings is 1. The molecule has 2 rings (SSSR count). The van der Waals surface area contributed by atoms with E-state index in [-0.39, 0.29) is 10.9 Å². The number of H-pyrrole nitrogens is 1. The zero-order chi connectivity index (χ0) is 9.42. The van der Waals surface area contributed by atoms with Crippen molar-refractivity contribution in [3.63, 3.8) is 0 Å². The first-order valence-corrected chi connectivity index (χ1v) is 3.75. The van der Waals surface area contributed by atoms with E-state index in [0.29, 0.717) is 11.1 Å². The average molecular weight is 178 g/mol. The van der Waals surface area contributed by atoms with Crippen LogP contribution >= 0.6 is 0 Å². The lowest BCUT2D eigenvalue weighted by Gasteiger charge is -1.98. The van der Waals surface area contributed by atoms with E-state index >= 15 is 0 Å². The van der Waals surface area contributed by atoms with Crippen LogP contribution in [0, 0.1) is 5.82 Å². The highest BCUT2D eigenvalue weighted by Gasteiger charge is 2.03. The van der Waals surface area contributed by atoms with Crippen LogP contribution in [-0.4, -0.2) is 4.98 Å². The van der Waals surface area contributed by atoms with Gasteiger partial charge in [-0.3, -0.25) is 4.79 Å². The molecule has 0 aliphatic carbocycles. The molecule has 0 saturated heterocycles. The summed E-state index contributed by atoms with van der Waals surface area (Å²) >= 11 is 0. The molecule has 0 amide bonds. The van der Waals surface area contributed by atoms with Crippen LogP contribution in [0.5, 0.6) is 0 Å². The molecule has 0 bridgehead atoms. The molecular weight excluding hydrogens is 171 g/mol. The van der Waals surface area contributed by atoms with Crippen LogP contribution in [0.4, 0.5) is 10.1 Å². The zero-order valence-electron chi connectivity index (χ0n) is 6.67. The third-order valence-electron chi connectivity index (χ3n) is 1.88. The van der Waals surface area contributed by atoms with E-state index in [0.717, 1.165) is 6.20 Å². The molecule has 0 fully saturated rings. The summed E-state index contributed by atoms with van der Waals surface area (Å²) in [6.45, 7) is 0. The van der Waals surface area contributed by atoms with E-state index < -0.39 is 5.82 Å². The SMILES string of the molecule is Nc1ccc2c(=O)[nH]cc(F)c2c1. The molecule has 0 spiro atoms. The molecule has 66 valence electrons. The molecule has 0 unspecified atom stereocenters. The van der Waals surface area contributed by atoms with Crippen LogP contribution in [0.2, 0.25) is 0 Å². The molecule has 3 nitrogen and oxygen atoms in total. The van der Waals surface area contributed by atoms with Crippen LogP contribution in [0.25, 0.3) is 10.8 Å². The Morgan fingerprint density at radius 1 is 1.31 bits per heavy atom. The standard InChI is InChI=1S/C9H7FN2O/c10-8-4-12-9(13)6-2-1-5(11)3-7(6)8/h1-4H,11H2,(H,12,13). The zero-order valence-corrected chi connectivity index (χ0v) is 6.67. The minimum absolute atomic E-state index is 0.253. The van der Waals surface area contributed by atoms with Crippen molar-refractivity contribution in [2.24, 2.45) is 0 Å². The molecule has 1 heterocycles. The van der Waals surface area contributed by atoms with Gasteiger partial charge in [0.1, 0.15) is 5.82 Å². The van der Waals surface area contributed by atoms with Crippen molar-refractivity contribution >= 4 is 16.5 Å². The molecule has 3 N–H and O–H groups in total. The molecule has 13 heavy (non-hydrogen) atoms. The molecule has 4 heteroatoms. The summed E-state index contributed by atoms with van der Waals surface area (Å²) in [5.41, 5.74) is 5.60. The first-order chi connectivity index (χ1) is 6.18. The third kappa shape index (κ3) is 1.16. The number of nitrogens with two attached hydrogens (primary N) is 1. The molecule has 0 atom stereocenters. The molecule has 2 aromatic rings. The van der Waals surface area contributed by atoms with Gasteiger partial charge in [0.15, 0.2) is 0 Å².